The van der Waals surface area contributed by atoms with Crippen molar-refractivity contribution in [3.8, 4) is 5.75 Å². The normalized spacial score (nSPS) is 20.5. The van der Waals surface area contributed by atoms with Crippen molar-refractivity contribution in [2.24, 2.45) is 5.92 Å². The zero-order chi connectivity index (χ0) is 27.5. The average Bonchev–Trinajstić information content (AvgIpc) is 3.63. The number of methoxy groups -OCH3 is 1. The molecule has 2 fully saturated rings. The van der Waals surface area contributed by atoms with E-state index < -0.39 is 41.2 Å². The molecule has 39 heavy (non-hydrogen) atoms. The molecule has 3 aromatic rings. The van der Waals surface area contributed by atoms with Gasteiger partial charge in [0.05, 0.1) is 34.0 Å². The average molecular weight is 548 g/mol. The molecule has 2 unspecified atom stereocenters. The SMILES string of the molecule is COc1ccc2nc(C(C)(NC(=O)Nc3ccc4c(c3)C(=O)N(C3CCC(=O)NC3=O)C4=O)C3CC3)sc2c1. The summed E-state index contributed by atoms with van der Waals surface area (Å²) in [6.07, 6.45) is 2.03. The first-order valence-electron chi connectivity index (χ1n) is 12.6. The Balaban J connectivity index is 1.21. The van der Waals surface area contributed by atoms with Crippen LogP contribution in [0.25, 0.3) is 10.2 Å². The third-order valence-corrected chi connectivity index (χ3v) is 8.76. The summed E-state index contributed by atoms with van der Waals surface area (Å²) in [7, 11) is 1.61. The molecule has 6 amide bonds. The van der Waals surface area contributed by atoms with Crippen LogP contribution in [0.4, 0.5) is 10.5 Å². The number of carbonyl (C=O) groups excluding carboxylic acids is 5. The molecule has 11 nitrogen and oxygen atoms in total. The Bertz CT molecular complexity index is 1580. The third kappa shape index (κ3) is 4.30. The van der Waals surface area contributed by atoms with Crippen molar-refractivity contribution in [1.29, 1.82) is 0 Å². The Morgan fingerprint density at radius 1 is 1.08 bits per heavy atom. The van der Waals surface area contributed by atoms with Gasteiger partial charge in [-0.3, -0.25) is 29.4 Å². The van der Waals surface area contributed by atoms with E-state index in [1.54, 1.807) is 7.11 Å². The van der Waals surface area contributed by atoms with E-state index in [4.69, 9.17) is 9.72 Å². The maximum Gasteiger partial charge on any atom is 0.320 e. The van der Waals surface area contributed by atoms with E-state index >= 15 is 0 Å². The molecule has 2 aliphatic heterocycles. The summed E-state index contributed by atoms with van der Waals surface area (Å²) in [5, 5.41) is 8.83. The number of aromatic nitrogens is 1. The van der Waals surface area contributed by atoms with E-state index in [1.165, 1.54) is 29.5 Å². The van der Waals surface area contributed by atoms with Gasteiger partial charge in [-0.2, -0.15) is 0 Å². The number of piperidine rings is 1. The topological polar surface area (TPSA) is 147 Å². The number of urea groups is 1. The highest BCUT2D eigenvalue weighted by atomic mass is 32.1. The molecule has 3 heterocycles. The standard InChI is InChI=1S/C27H25N5O6S/c1-27(13-3-4-13,25-29-18-8-6-15(38-2)12-20(18)39-25)31-26(37)28-14-5-7-16-17(11-14)24(36)32(23(16)35)19-9-10-21(33)30-22(19)34/h5-8,11-13,19H,3-4,9-10H2,1-2H3,(H2,28,31,37)(H,30,33,34). The van der Waals surface area contributed by atoms with Gasteiger partial charge in [0.2, 0.25) is 11.8 Å². The number of thiazole rings is 1. The lowest BCUT2D eigenvalue weighted by atomic mass is 9.97. The molecule has 2 aromatic carbocycles. The van der Waals surface area contributed by atoms with Gasteiger partial charge in [0.25, 0.3) is 11.8 Å². The molecule has 0 bridgehead atoms. The van der Waals surface area contributed by atoms with Gasteiger partial charge in [-0.05, 0) is 68.5 Å². The molecule has 1 saturated carbocycles. The first kappa shape index (κ1) is 25.0. The number of nitrogens with zero attached hydrogens (tertiary/aromatic N) is 2. The Hall–Kier alpha value is -4.32. The third-order valence-electron chi connectivity index (χ3n) is 7.50. The van der Waals surface area contributed by atoms with Crippen molar-refractivity contribution >= 4 is 56.9 Å². The predicted molar refractivity (Wildman–Crippen MR) is 142 cm³/mol. The molecule has 2 atom stereocenters. The molecule has 1 saturated heterocycles. The van der Waals surface area contributed by atoms with Crippen molar-refractivity contribution in [3.63, 3.8) is 0 Å². The summed E-state index contributed by atoms with van der Waals surface area (Å²) in [4.78, 5) is 68.7. The van der Waals surface area contributed by atoms with Gasteiger partial charge < -0.3 is 15.4 Å². The summed E-state index contributed by atoms with van der Waals surface area (Å²) < 4.78 is 6.28. The number of fused-ring (bicyclic) bond motifs is 2. The summed E-state index contributed by atoms with van der Waals surface area (Å²) >= 11 is 1.51. The zero-order valence-corrected chi connectivity index (χ0v) is 22.0. The number of carbonyl (C=O) groups is 5. The zero-order valence-electron chi connectivity index (χ0n) is 21.2. The highest BCUT2D eigenvalue weighted by Crippen LogP contribution is 2.47. The summed E-state index contributed by atoms with van der Waals surface area (Å²) in [5.41, 5.74) is 0.680. The van der Waals surface area contributed by atoms with Gasteiger partial charge in [0.15, 0.2) is 0 Å². The van der Waals surface area contributed by atoms with Crippen molar-refractivity contribution in [1.82, 2.24) is 20.5 Å². The van der Waals surface area contributed by atoms with E-state index in [2.05, 4.69) is 16.0 Å². The van der Waals surface area contributed by atoms with Crippen LogP contribution in [0.5, 0.6) is 5.75 Å². The molecule has 0 radical (unpaired) electrons. The maximum atomic E-state index is 13.2. The highest BCUT2D eigenvalue weighted by molar-refractivity contribution is 7.18. The maximum absolute atomic E-state index is 13.2. The second-order valence-electron chi connectivity index (χ2n) is 10.1. The van der Waals surface area contributed by atoms with Crippen LogP contribution in [0, 0.1) is 5.92 Å². The predicted octanol–water partition coefficient (Wildman–Crippen LogP) is 3.15. The lowest BCUT2D eigenvalue weighted by Gasteiger charge is -2.29. The van der Waals surface area contributed by atoms with Gasteiger partial charge in [0.1, 0.15) is 16.8 Å². The van der Waals surface area contributed by atoms with Crippen LogP contribution in [-0.2, 0) is 15.1 Å². The smallest absolute Gasteiger partial charge is 0.320 e. The number of rotatable bonds is 6. The number of ether oxygens (including phenoxy) is 1. The van der Waals surface area contributed by atoms with Crippen LogP contribution in [0.15, 0.2) is 36.4 Å². The van der Waals surface area contributed by atoms with Crippen LogP contribution in [-0.4, -0.2) is 52.7 Å². The van der Waals surface area contributed by atoms with E-state index in [0.717, 1.165) is 38.7 Å². The van der Waals surface area contributed by atoms with E-state index in [1.807, 2.05) is 25.1 Å². The number of hydrogen-bond donors (Lipinski definition) is 3. The molecular formula is C27H25N5O6S. The molecule has 3 aliphatic rings. The van der Waals surface area contributed by atoms with Crippen LogP contribution >= 0.6 is 11.3 Å². The van der Waals surface area contributed by atoms with Crippen molar-refractivity contribution in [3.05, 3.63) is 52.5 Å². The number of imide groups is 2. The fourth-order valence-corrected chi connectivity index (χ4v) is 6.37. The first-order valence-corrected chi connectivity index (χ1v) is 13.4. The number of nitrogens with one attached hydrogen (secondary N) is 3. The van der Waals surface area contributed by atoms with Crippen molar-refractivity contribution in [2.45, 2.75) is 44.2 Å². The Morgan fingerprint density at radius 2 is 1.85 bits per heavy atom. The summed E-state index contributed by atoms with van der Waals surface area (Å²) in [6.45, 7) is 1.96. The number of amides is 6. The second-order valence-corrected chi connectivity index (χ2v) is 11.1. The number of benzene rings is 2. The van der Waals surface area contributed by atoms with Crippen molar-refractivity contribution < 1.29 is 28.7 Å². The molecule has 200 valence electrons. The summed E-state index contributed by atoms with van der Waals surface area (Å²) in [5.74, 6) is -1.39. The molecular weight excluding hydrogens is 522 g/mol. The molecule has 0 spiro atoms. The van der Waals surface area contributed by atoms with Gasteiger partial charge in [-0.25, -0.2) is 9.78 Å². The van der Waals surface area contributed by atoms with E-state index in [9.17, 15) is 24.0 Å². The molecule has 6 rings (SSSR count). The first-order chi connectivity index (χ1) is 18.7. The fourth-order valence-electron chi connectivity index (χ4n) is 5.19. The minimum Gasteiger partial charge on any atom is -0.497 e. The summed E-state index contributed by atoms with van der Waals surface area (Å²) in [6, 6.07) is 8.56. The van der Waals surface area contributed by atoms with Gasteiger partial charge in [0, 0.05) is 12.1 Å². The largest absolute Gasteiger partial charge is 0.497 e. The number of anilines is 1. The van der Waals surface area contributed by atoms with Gasteiger partial charge in [-0.15, -0.1) is 11.3 Å². The monoisotopic (exact) mass is 547 g/mol. The fraction of sp³-hybridized carbons (Fsp3) is 0.333. The highest BCUT2D eigenvalue weighted by Gasteiger charge is 2.47. The van der Waals surface area contributed by atoms with Crippen LogP contribution < -0.4 is 20.7 Å². The van der Waals surface area contributed by atoms with Crippen LogP contribution in [0.2, 0.25) is 0 Å². The molecule has 1 aromatic heterocycles. The van der Waals surface area contributed by atoms with Gasteiger partial charge >= 0.3 is 6.03 Å². The number of hydrogen-bond acceptors (Lipinski definition) is 8. The van der Waals surface area contributed by atoms with Gasteiger partial charge in [-0.1, -0.05) is 0 Å². The minimum absolute atomic E-state index is 0.0404. The lowest BCUT2D eigenvalue weighted by molar-refractivity contribution is -0.136. The molecule has 12 heteroatoms. The van der Waals surface area contributed by atoms with Crippen LogP contribution in [0.3, 0.4) is 0 Å². The Labute approximate surface area is 226 Å². The quantitative estimate of drug-likeness (QED) is 0.402. The minimum atomic E-state index is -1.05. The Morgan fingerprint density at radius 3 is 2.56 bits per heavy atom. The molecule has 3 N–H and O–H groups in total. The van der Waals surface area contributed by atoms with E-state index in [0.29, 0.717) is 5.69 Å². The van der Waals surface area contributed by atoms with Crippen LogP contribution in [0.1, 0.15) is 58.3 Å². The molecule has 1 aliphatic carbocycles. The lowest BCUT2D eigenvalue weighted by Crippen LogP contribution is -2.54. The second kappa shape index (κ2) is 9.16. The van der Waals surface area contributed by atoms with Crippen molar-refractivity contribution in [2.75, 3.05) is 12.4 Å². The Kier molecular flexibility index (Phi) is 5.87. The van der Waals surface area contributed by atoms with E-state index in [-0.39, 0.29) is 29.9 Å².